The molecule has 0 saturated carbocycles. The number of methoxy groups -OCH3 is 1. The van der Waals surface area contributed by atoms with Crippen molar-refractivity contribution >= 4 is 33.4 Å². The molecule has 0 N–H and O–H groups in total. The van der Waals surface area contributed by atoms with Gasteiger partial charge in [-0.05, 0) is 76.5 Å². The van der Waals surface area contributed by atoms with Gasteiger partial charge in [-0.15, -0.1) is 0 Å². The third-order valence-corrected chi connectivity index (χ3v) is 3.68. The molecule has 20 heavy (non-hydrogen) atoms. The lowest BCUT2D eigenvalue weighted by atomic mass is 10.1. The summed E-state index contributed by atoms with van der Waals surface area (Å²) in [6, 6.07) is 15.7. The molecule has 0 aliphatic carbocycles. The van der Waals surface area contributed by atoms with Crippen molar-refractivity contribution in [3.05, 3.63) is 58.3 Å². The highest BCUT2D eigenvalue weighted by Gasteiger charge is 2.06. The van der Waals surface area contributed by atoms with E-state index in [-0.39, 0.29) is 0 Å². The molecular weight excluding hydrogens is 365 g/mol. The Morgan fingerprint density at radius 3 is 2.45 bits per heavy atom. The van der Waals surface area contributed by atoms with Crippen LogP contribution in [0.25, 0.3) is 10.8 Å². The van der Waals surface area contributed by atoms with Gasteiger partial charge in [0.05, 0.1) is 7.11 Å². The molecule has 3 nitrogen and oxygen atoms in total. The standard InChI is InChI=1S/C16H12INO2/c1-19-14-6-7-15-11(10-14)8-9-18-16(15)20-13-4-2-12(17)3-5-13/h2-10H,1H3. The topological polar surface area (TPSA) is 31.4 Å². The van der Waals surface area contributed by atoms with Gasteiger partial charge in [0.1, 0.15) is 11.5 Å². The summed E-state index contributed by atoms with van der Waals surface area (Å²) in [5.74, 6) is 2.21. The molecule has 1 aromatic heterocycles. The van der Waals surface area contributed by atoms with Crippen LogP contribution in [0.4, 0.5) is 0 Å². The molecule has 3 rings (SSSR count). The van der Waals surface area contributed by atoms with Gasteiger partial charge in [-0.3, -0.25) is 0 Å². The van der Waals surface area contributed by atoms with E-state index in [1.54, 1.807) is 13.3 Å². The fraction of sp³-hybridized carbons (Fsp3) is 0.0625. The van der Waals surface area contributed by atoms with Crippen molar-refractivity contribution in [2.24, 2.45) is 0 Å². The van der Waals surface area contributed by atoms with Gasteiger partial charge in [-0.25, -0.2) is 4.98 Å². The van der Waals surface area contributed by atoms with Crippen LogP contribution >= 0.6 is 22.6 Å². The van der Waals surface area contributed by atoms with E-state index < -0.39 is 0 Å². The fourth-order valence-electron chi connectivity index (χ4n) is 1.95. The fourth-order valence-corrected chi connectivity index (χ4v) is 2.31. The number of hydrogen-bond donors (Lipinski definition) is 0. The van der Waals surface area contributed by atoms with Gasteiger partial charge < -0.3 is 9.47 Å². The first-order valence-electron chi connectivity index (χ1n) is 6.12. The van der Waals surface area contributed by atoms with E-state index in [1.807, 2.05) is 48.5 Å². The van der Waals surface area contributed by atoms with Crippen LogP contribution in [0.5, 0.6) is 17.4 Å². The summed E-state index contributed by atoms with van der Waals surface area (Å²) in [5.41, 5.74) is 0. The summed E-state index contributed by atoms with van der Waals surface area (Å²) in [6.07, 6.45) is 1.74. The second-order valence-corrected chi connectivity index (χ2v) is 5.50. The second-order valence-electron chi connectivity index (χ2n) is 4.26. The summed E-state index contributed by atoms with van der Waals surface area (Å²) >= 11 is 2.26. The van der Waals surface area contributed by atoms with Crippen LogP contribution in [-0.4, -0.2) is 12.1 Å². The Hall–Kier alpha value is -1.82. The largest absolute Gasteiger partial charge is 0.497 e. The van der Waals surface area contributed by atoms with Crippen molar-refractivity contribution in [2.75, 3.05) is 7.11 Å². The zero-order chi connectivity index (χ0) is 13.9. The molecule has 4 heteroatoms. The summed E-state index contributed by atoms with van der Waals surface area (Å²) in [5, 5.41) is 2.01. The quantitative estimate of drug-likeness (QED) is 0.624. The molecule has 0 aliphatic rings. The molecule has 0 radical (unpaired) electrons. The van der Waals surface area contributed by atoms with Crippen LogP contribution in [0.3, 0.4) is 0 Å². The molecule has 0 spiro atoms. The highest BCUT2D eigenvalue weighted by Crippen LogP contribution is 2.30. The number of aromatic nitrogens is 1. The predicted octanol–water partition coefficient (Wildman–Crippen LogP) is 4.64. The molecule has 100 valence electrons. The van der Waals surface area contributed by atoms with Gasteiger partial charge in [-0.2, -0.15) is 0 Å². The molecule has 0 atom stereocenters. The first-order valence-corrected chi connectivity index (χ1v) is 7.20. The number of hydrogen-bond acceptors (Lipinski definition) is 3. The first-order chi connectivity index (χ1) is 9.76. The van der Waals surface area contributed by atoms with Crippen LogP contribution < -0.4 is 9.47 Å². The van der Waals surface area contributed by atoms with Gasteiger partial charge >= 0.3 is 0 Å². The lowest BCUT2D eigenvalue weighted by Crippen LogP contribution is -1.90. The van der Waals surface area contributed by atoms with Gasteiger partial charge in [0, 0.05) is 15.2 Å². The lowest BCUT2D eigenvalue weighted by molar-refractivity contribution is 0.415. The number of pyridine rings is 1. The lowest BCUT2D eigenvalue weighted by Gasteiger charge is -2.08. The molecule has 0 aliphatic heterocycles. The minimum absolute atomic E-state index is 0.603. The summed E-state index contributed by atoms with van der Waals surface area (Å²) in [4.78, 5) is 4.32. The van der Waals surface area contributed by atoms with Crippen LogP contribution in [0.15, 0.2) is 54.7 Å². The number of benzene rings is 2. The molecule has 0 saturated heterocycles. The average molecular weight is 377 g/mol. The average Bonchev–Trinajstić information content (AvgIpc) is 2.49. The van der Waals surface area contributed by atoms with E-state index in [0.29, 0.717) is 5.88 Å². The second kappa shape index (κ2) is 5.66. The first kappa shape index (κ1) is 13.2. The van der Waals surface area contributed by atoms with E-state index >= 15 is 0 Å². The molecule has 3 aromatic rings. The smallest absolute Gasteiger partial charge is 0.227 e. The number of nitrogens with zero attached hydrogens (tertiary/aromatic N) is 1. The highest BCUT2D eigenvalue weighted by atomic mass is 127. The zero-order valence-electron chi connectivity index (χ0n) is 10.8. The summed E-state index contributed by atoms with van der Waals surface area (Å²) in [7, 11) is 1.66. The Morgan fingerprint density at radius 2 is 1.70 bits per heavy atom. The summed E-state index contributed by atoms with van der Waals surface area (Å²) < 4.78 is 12.3. The number of fused-ring (bicyclic) bond motifs is 1. The Morgan fingerprint density at radius 1 is 0.950 bits per heavy atom. The number of ether oxygens (including phenoxy) is 2. The molecule has 2 aromatic carbocycles. The van der Waals surface area contributed by atoms with Crippen LogP contribution in [-0.2, 0) is 0 Å². The maximum absolute atomic E-state index is 5.86. The van der Waals surface area contributed by atoms with E-state index in [4.69, 9.17) is 9.47 Å². The third kappa shape index (κ3) is 2.70. The zero-order valence-corrected chi connectivity index (χ0v) is 13.0. The van der Waals surface area contributed by atoms with E-state index in [0.717, 1.165) is 22.3 Å². The van der Waals surface area contributed by atoms with Crippen molar-refractivity contribution < 1.29 is 9.47 Å². The van der Waals surface area contributed by atoms with E-state index in [1.165, 1.54) is 3.57 Å². The van der Waals surface area contributed by atoms with Crippen LogP contribution in [0, 0.1) is 3.57 Å². The third-order valence-electron chi connectivity index (χ3n) is 2.96. The summed E-state index contributed by atoms with van der Waals surface area (Å²) in [6.45, 7) is 0. The van der Waals surface area contributed by atoms with Crippen molar-refractivity contribution in [1.29, 1.82) is 0 Å². The van der Waals surface area contributed by atoms with Crippen molar-refractivity contribution in [3.8, 4) is 17.4 Å². The molecule has 0 bridgehead atoms. The molecule has 1 heterocycles. The van der Waals surface area contributed by atoms with Crippen molar-refractivity contribution in [1.82, 2.24) is 4.98 Å². The monoisotopic (exact) mass is 377 g/mol. The van der Waals surface area contributed by atoms with Gasteiger partial charge in [-0.1, -0.05) is 0 Å². The predicted molar refractivity (Wildman–Crippen MR) is 87.5 cm³/mol. The Kier molecular flexibility index (Phi) is 3.73. The van der Waals surface area contributed by atoms with Gasteiger partial charge in [0.15, 0.2) is 0 Å². The Labute approximate surface area is 130 Å². The minimum atomic E-state index is 0.603. The minimum Gasteiger partial charge on any atom is -0.497 e. The number of rotatable bonds is 3. The van der Waals surface area contributed by atoms with Crippen molar-refractivity contribution in [3.63, 3.8) is 0 Å². The van der Waals surface area contributed by atoms with E-state index in [9.17, 15) is 0 Å². The highest BCUT2D eigenvalue weighted by molar-refractivity contribution is 14.1. The Bertz CT molecular complexity index is 741. The maximum atomic E-state index is 5.86. The molecule has 0 fully saturated rings. The van der Waals surface area contributed by atoms with E-state index in [2.05, 4.69) is 27.6 Å². The Balaban J connectivity index is 2.01. The van der Waals surface area contributed by atoms with Crippen LogP contribution in [0.1, 0.15) is 0 Å². The normalized spacial score (nSPS) is 10.5. The number of halogens is 1. The molecule has 0 unspecified atom stereocenters. The SMILES string of the molecule is COc1ccc2c(Oc3ccc(I)cc3)nccc2c1. The van der Waals surface area contributed by atoms with Crippen LogP contribution in [0.2, 0.25) is 0 Å². The molecular formula is C16H12INO2. The van der Waals surface area contributed by atoms with Crippen molar-refractivity contribution in [2.45, 2.75) is 0 Å². The van der Waals surface area contributed by atoms with Gasteiger partial charge in [0.25, 0.3) is 0 Å². The molecule has 0 amide bonds. The van der Waals surface area contributed by atoms with Gasteiger partial charge in [0.2, 0.25) is 5.88 Å². The maximum Gasteiger partial charge on any atom is 0.227 e.